The first-order valence-electron chi connectivity index (χ1n) is 5.78. The summed E-state index contributed by atoms with van der Waals surface area (Å²) < 4.78 is -0.0316. The molecule has 0 bridgehead atoms. The molecule has 3 nitrogen and oxygen atoms in total. The van der Waals surface area contributed by atoms with E-state index in [4.69, 9.17) is 0 Å². The number of nitrogens with one attached hydrogen (secondary N) is 1. The standard InChI is InChI=1S/C13H15Br2NO2/c14-11(12(15)17)8-4-5-9-16-13(18)10-6-2-1-3-7-10/h1-3,6-7,11H,4-5,8-9H2,(H,16,18). The molecule has 5 heteroatoms. The van der Waals surface area contributed by atoms with Gasteiger partial charge in [-0.25, -0.2) is 0 Å². The molecule has 0 aromatic heterocycles. The maximum Gasteiger partial charge on any atom is 0.251 e. The van der Waals surface area contributed by atoms with Crippen LogP contribution in [0.25, 0.3) is 0 Å². The van der Waals surface area contributed by atoms with Crippen molar-refractivity contribution < 1.29 is 9.59 Å². The van der Waals surface area contributed by atoms with Gasteiger partial charge >= 0.3 is 0 Å². The molecule has 0 fully saturated rings. The number of amides is 1. The molecule has 1 unspecified atom stereocenters. The quantitative estimate of drug-likeness (QED) is 0.451. The first-order chi connectivity index (χ1) is 8.61. The zero-order valence-corrected chi connectivity index (χ0v) is 13.0. The Balaban J connectivity index is 2.15. The van der Waals surface area contributed by atoms with Crippen molar-refractivity contribution >= 4 is 42.5 Å². The molecule has 98 valence electrons. The molecular formula is C13H15Br2NO2. The van der Waals surface area contributed by atoms with E-state index >= 15 is 0 Å². The molecule has 0 radical (unpaired) electrons. The minimum atomic E-state index is -0.137. The zero-order valence-electron chi connectivity index (χ0n) is 9.86. The van der Waals surface area contributed by atoms with Gasteiger partial charge in [-0.15, -0.1) is 0 Å². The molecule has 0 heterocycles. The second-order valence-corrected chi connectivity index (χ2v) is 5.78. The van der Waals surface area contributed by atoms with Crippen molar-refractivity contribution in [1.29, 1.82) is 0 Å². The highest BCUT2D eigenvalue weighted by atomic mass is 79.9. The largest absolute Gasteiger partial charge is 0.352 e. The van der Waals surface area contributed by atoms with E-state index in [2.05, 4.69) is 37.2 Å². The van der Waals surface area contributed by atoms with Crippen LogP contribution in [-0.4, -0.2) is 22.0 Å². The van der Waals surface area contributed by atoms with Crippen molar-refractivity contribution in [3.63, 3.8) is 0 Å². The maximum atomic E-state index is 11.7. The Bertz CT molecular complexity index is 395. The molecule has 1 atom stereocenters. The molecule has 0 spiro atoms. The minimum absolute atomic E-state index is 0.0316. The third kappa shape index (κ3) is 5.78. The Hall–Kier alpha value is -0.680. The molecule has 0 saturated carbocycles. The van der Waals surface area contributed by atoms with E-state index in [1.807, 2.05) is 18.2 Å². The number of hydrogen-bond donors (Lipinski definition) is 1. The first kappa shape index (κ1) is 15.4. The summed E-state index contributed by atoms with van der Waals surface area (Å²) in [6.45, 7) is 0.629. The molecular weight excluding hydrogens is 362 g/mol. The number of rotatable bonds is 7. The summed E-state index contributed by atoms with van der Waals surface area (Å²) in [5, 5.41) is 2.85. The summed E-state index contributed by atoms with van der Waals surface area (Å²) in [6, 6.07) is 9.13. The summed E-state index contributed by atoms with van der Waals surface area (Å²) in [7, 11) is 0. The molecule has 1 amide bonds. The Kier molecular flexibility index (Phi) is 7.20. The summed E-state index contributed by atoms with van der Waals surface area (Å²) in [4.78, 5) is 22.4. The number of carbonyl (C=O) groups excluding carboxylic acids is 2. The zero-order chi connectivity index (χ0) is 13.4. The highest BCUT2D eigenvalue weighted by Gasteiger charge is 2.10. The van der Waals surface area contributed by atoms with Gasteiger partial charge in [-0.2, -0.15) is 0 Å². The molecule has 0 saturated heterocycles. The van der Waals surface area contributed by atoms with E-state index in [1.165, 1.54) is 0 Å². The topological polar surface area (TPSA) is 46.2 Å². The van der Waals surface area contributed by atoms with Gasteiger partial charge in [-0.1, -0.05) is 40.5 Å². The molecule has 0 aliphatic carbocycles. The van der Waals surface area contributed by atoms with Gasteiger partial charge in [0.25, 0.3) is 5.91 Å². The molecule has 1 aromatic rings. The van der Waals surface area contributed by atoms with E-state index in [0.29, 0.717) is 12.1 Å². The third-order valence-electron chi connectivity index (χ3n) is 2.45. The highest BCUT2D eigenvalue weighted by Crippen LogP contribution is 2.13. The Morgan fingerprint density at radius 2 is 1.83 bits per heavy atom. The average Bonchev–Trinajstić information content (AvgIpc) is 2.38. The van der Waals surface area contributed by atoms with Crippen molar-refractivity contribution in [1.82, 2.24) is 5.32 Å². The van der Waals surface area contributed by atoms with Crippen LogP contribution in [0.5, 0.6) is 0 Å². The normalized spacial score (nSPS) is 11.9. The lowest BCUT2D eigenvalue weighted by Crippen LogP contribution is -2.24. The van der Waals surface area contributed by atoms with Gasteiger partial charge in [0.1, 0.15) is 0 Å². The van der Waals surface area contributed by atoms with Gasteiger partial charge in [0.2, 0.25) is 4.69 Å². The first-order valence-corrected chi connectivity index (χ1v) is 7.49. The van der Waals surface area contributed by atoms with Crippen molar-refractivity contribution in [3.8, 4) is 0 Å². The van der Waals surface area contributed by atoms with E-state index < -0.39 is 0 Å². The lowest BCUT2D eigenvalue weighted by molar-refractivity contribution is -0.109. The number of halogens is 2. The molecule has 0 aliphatic rings. The fourth-order valence-corrected chi connectivity index (χ4v) is 2.01. The van der Waals surface area contributed by atoms with Crippen molar-refractivity contribution in [2.45, 2.75) is 24.1 Å². The smallest absolute Gasteiger partial charge is 0.251 e. The van der Waals surface area contributed by atoms with Crippen LogP contribution in [0.15, 0.2) is 30.3 Å². The fraction of sp³-hybridized carbons (Fsp3) is 0.385. The Morgan fingerprint density at radius 3 is 2.44 bits per heavy atom. The van der Waals surface area contributed by atoms with Crippen molar-refractivity contribution in [2.75, 3.05) is 6.54 Å². The minimum Gasteiger partial charge on any atom is -0.352 e. The van der Waals surface area contributed by atoms with Gasteiger partial charge in [0.05, 0.1) is 4.83 Å². The predicted molar refractivity (Wildman–Crippen MR) is 79.3 cm³/mol. The third-order valence-corrected chi connectivity index (χ3v) is 4.49. The van der Waals surface area contributed by atoms with Crippen LogP contribution >= 0.6 is 31.9 Å². The summed E-state index contributed by atoms with van der Waals surface area (Å²) in [6.07, 6.45) is 2.52. The van der Waals surface area contributed by atoms with E-state index in [9.17, 15) is 9.59 Å². The van der Waals surface area contributed by atoms with Crippen LogP contribution < -0.4 is 5.32 Å². The van der Waals surface area contributed by atoms with Gasteiger partial charge < -0.3 is 5.32 Å². The van der Waals surface area contributed by atoms with Gasteiger partial charge in [-0.3, -0.25) is 9.59 Å². The number of hydrogen-bond acceptors (Lipinski definition) is 2. The maximum absolute atomic E-state index is 11.7. The molecule has 1 N–H and O–H groups in total. The van der Waals surface area contributed by atoms with Crippen LogP contribution in [0.2, 0.25) is 0 Å². The molecule has 1 aromatic carbocycles. The monoisotopic (exact) mass is 375 g/mol. The number of carbonyl (C=O) groups is 2. The Labute approximate surface area is 124 Å². The predicted octanol–water partition coefficient (Wildman–Crippen LogP) is 3.27. The SMILES string of the molecule is O=C(NCCCCC(Br)C(=O)Br)c1ccccc1. The van der Waals surface area contributed by atoms with Gasteiger partial charge in [0.15, 0.2) is 0 Å². The fourth-order valence-electron chi connectivity index (χ4n) is 1.46. The summed E-state index contributed by atoms with van der Waals surface area (Å²) >= 11 is 6.18. The van der Waals surface area contributed by atoms with Crippen LogP contribution in [0.3, 0.4) is 0 Å². The average molecular weight is 377 g/mol. The highest BCUT2D eigenvalue weighted by molar-refractivity contribution is 9.20. The van der Waals surface area contributed by atoms with E-state index in [-0.39, 0.29) is 15.4 Å². The van der Waals surface area contributed by atoms with Gasteiger partial charge in [-0.05, 0) is 40.9 Å². The van der Waals surface area contributed by atoms with Gasteiger partial charge in [0, 0.05) is 12.1 Å². The molecule has 1 rings (SSSR count). The number of benzene rings is 1. The van der Waals surface area contributed by atoms with Crippen LogP contribution in [0.1, 0.15) is 29.6 Å². The summed E-state index contributed by atoms with van der Waals surface area (Å²) in [5.41, 5.74) is 0.673. The van der Waals surface area contributed by atoms with E-state index in [1.54, 1.807) is 12.1 Å². The second-order valence-electron chi connectivity index (χ2n) is 3.89. The lowest BCUT2D eigenvalue weighted by Gasteiger charge is -2.06. The van der Waals surface area contributed by atoms with E-state index in [0.717, 1.165) is 19.3 Å². The Morgan fingerprint density at radius 1 is 1.17 bits per heavy atom. The van der Waals surface area contributed by atoms with Crippen LogP contribution in [-0.2, 0) is 4.79 Å². The molecule has 18 heavy (non-hydrogen) atoms. The number of alkyl halides is 1. The van der Waals surface area contributed by atoms with Crippen molar-refractivity contribution in [2.24, 2.45) is 0 Å². The molecule has 0 aliphatic heterocycles. The van der Waals surface area contributed by atoms with Crippen LogP contribution in [0, 0.1) is 0 Å². The van der Waals surface area contributed by atoms with Crippen LogP contribution in [0.4, 0.5) is 0 Å². The second kappa shape index (κ2) is 8.43. The summed E-state index contributed by atoms with van der Waals surface area (Å²) in [5.74, 6) is -0.0532. The van der Waals surface area contributed by atoms with Crippen molar-refractivity contribution in [3.05, 3.63) is 35.9 Å². The number of unbranched alkanes of at least 4 members (excludes halogenated alkanes) is 1. The lowest BCUT2D eigenvalue weighted by atomic mass is 10.2.